The quantitative estimate of drug-likeness (QED) is 0.447. The fourth-order valence-corrected chi connectivity index (χ4v) is 3.81. The molecule has 0 atom stereocenters. The van der Waals surface area contributed by atoms with Gasteiger partial charge in [-0.1, -0.05) is 71.3 Å². The van der Waals surface area contributed by atoms with E-state index in [9.17, 15) is 0 Å². The second-order valence-corrected chi connectivity index (χ2v) is 8.46. The van der Waals surface area contributed by atoms with Gasteiger partial charge in [0.1, 0.15) is 0 Å². The molecule has 2 aromatic carbocycles. The number of hydrazone groups is 1. The summed E-state index contributed by atoms with van der Waals surface area (Å²) in [4.78, 5) is 0. The molecule has 1 aliphatic rings. The van der Waals surface area contributed by atoms with E-state index in [1.807, 2.05) is 6.21 Å². The van der Waals surface area contributed by atoms with Crippen molar-refractivity contribution in [3.05, 3.63) is 88.5 Å². The summed E-state index contributed by atoms with van der Waals surface area (Å²) in [5, 5.41) is 4.38. The first-order chi connectivity index (χ1) is 14.5. The van der Waals surface area contributed by atoms with Gasteiger partial charge in [-0.3, -0.25) is 5.43 Å². The van der Waals surface area contributed by atoms with E-state index in [-0.39, 0.29) is 0 Å². The van der Waals surface area contributed by atoms with E-state index in [1.54, 1.807) is 0 Å². The van der Waals surface area contributed by atoms with Gasteiger partial charge >= 0.3 is 0 Å². The molecule has 0 bridgehead atoms. The fourth-order valence-electron chi connectivity index (χ4n) is 3.81. The van der Waals surface area contributed by atoms with Crippen molar-refractivity contribution in [2.75, 3.05) is 5.43 Å². The van der Waals surface area contributed by atoms with Gasteiger partial charge < -0.3 is 0 Å². The predicted molar refractivity (Wildman–Crippen MR) is 132 cm³/mol. The summed E-state index contributed by atoms with van der Waals surface area (Å²) in [6.07, 6.45) is 14.5. The van der Waals surface area contributed by atoms with E-state index in [4.69, 9.17) is 0 Å². The van der Waals surface area contributed by atoms with Crippen molar-refractivity contribution in [2.45, 2.75) is 59.8 Å². The van der Waals surface area contributed by atoms with Crippen molar-refractivity contribution < 1.29 is 0 Å². The molecule has 156 valence electrons. The normalized spacial score (nSPS) is 13.2. The molecule has 0 amide bonds. The Morgan fingerprint density at radius 1 is 0.833 bits per heavy atom. The molecule has 2 nitrogen and oxygen atoms in total. The van der Waals surface area contributed by atoms with E-state index < -0.39 is 0 Å². The van der Waals surface area contributed by atoms with Gasteiger partial charge in [0.2, 0.25) is 0 Å². The highest BCUT2D eigenvalue weighted by atomic mass is 15.3. The Labute approximate surface area is 182 Å². The summed E-state index contributed by atoms with van der Waals surface area (Å²) in [5.41, 5.74) is 13.7. The molecule has 0 fully saturated rings. The van der Waals surface area contributed by atoms with Gasteiger partial charge in [0.25, 0.3) is 0 Å². The topological polar surface area (TPSA) is 24.4 Å². The van der Waals surface area contributed by atoms with Crippen LogP contribution in [-0.2, 0) is 6.42 Å². The average Bonchev–Trinajstić information content (AvgIpc) is 2.91. The zero-order valence-electron chi connectivity index (χ0n) is 18.8. The Morgan fingerprint density at radius 2 is 1.57 bits per heavy atom. The first-order valence-corrected chi connectivity index (χ1v) is 11.0. The first kappa shape index (κ1) is 21.8. The number of nitrogens with one attached hydrogen (secondary N) is 1. The maximum Gasteiger partial charge on any atom is 0.0643 e. The minimum atomic E-state index is 0.939. The van der Waals surface area contributed by atoms with Crippen LogP contribution in [0.4, 0.5) is 5.69 Å². The molecule has 2 heteroatoms. The van der Waals surface area contributed by atoms with E-state index in [0.717, 1.165) is 36.9 Å². The van der Waals surface area contributed by atoms with Crippen molar-refractivity contribution in [2.24, 2.45) is 5.10 Å². The summed E-state index contributed by atoms with van der Waals surface area (Å²) in [5.74, 6) is 0. The van der Waals surface area contributed by atoms with Crippen molar-refractivity contribution in [3.63, 3.8) is 0 Å². The van der Waals surface area contributed by atoms with Gasteiger partial charge in [-0.05, 0) is 77.0 Å². The van der Waals surface area contributed by atoms with Crippen LogP contribution in [0.15, 0.2) is 82.5 Å². The van der Waals surface area contributed by atoms with Crippen LogP contribution in [0, 0.1) is 0 Å². The fraction of sp³-hybridized carbons (Fsp3) is 0.321. The summed E-state index contributed by atoms with van der Waals surface area (Å²) >= 11 is 0. The number of benzene rings is 2. The minimum Gasteiger partial charge on any atom is -0.278 e. The Morgan fingerprint density at radius 3 is 2.37 bits per heavy atom. The van der Waals surface area contributed by atoms with Gasteiger partial charge in [-0.25, -0.2) is 0 Å². The van der Waals surface area contributed by atoms with Crippen molar-refractivity contribution >= 4 is 11.9 Å². The molecule has 0 saturated carbocycles. The van der Waals surface area contributed by atoms with Crippen molar-refractivity contribution in [1.82, 2.24) is 0 Å². The van der Waals surface area contributed by atoms with Crippen molar-refractivity contribution in [3.8, 4) is 11.1 Å². The second kappa shape index (κ2) is 10.8. The van der Waals surface area contributed by atoms with Crippen LogP contribution in [-0.4, -0.2) is 6.21 Å². The van der Waals surface area contributed by atoms with Gasteiger partial charge in [0, 0.05) is 11.1 Å². The number of hydrogen-bond acceptors (Lipinski definition) is 2. The van der Waals surface area contributed by atoms with E-state index in [2.05, 4.69) is 98.9 Å². The Bertz CT molecular complexity index is 985. The standard InChI is InChI=1S/C28H34N2/c1-21(2)10-7-11-22(3)12-8-13-23(4)18-19-24-15-9-17-27-28(24)26-16-6-5-14-25(26)20-29-30-27/h5-6,9-10,12,14-18,20,30H,7-8,11,13,19H2,1-4H3. The Balaban J connectivity index is 1.66. The maximum absolute atomic E-state index is 4.38. The Kier molecular flexibility index (Phi) is 7.84. The summed E-state index contributed by atoms with van der Waals surface area (Å²) < 4.78 is 0. The summed E-state index contributed by atoms with van der Waals surface area (Å²) in [6, 6.07) is 14.9. The van der Waals surface area contributed by atoms with Crippen LogP contribution < -0.4 is 5.43 Å². The number of fused-ring (bicyclic) bond motifs is 3. The van der Waals surface area contributed by atoms with E-state index in [0.29, 0.717) is 0 Å². The summed E-state index contributed by atoms with van der Waals surface area (Å²) in [6.45, 7) is 8.84. The van der Waals surface area contributed by atoms with Crippen LogP contribution in [0.1, 0.15) is 64.5 Å². The Hall–Kier alpha value is -2.87. The van der Waals surface area contributed by atoms with Crippen LogP contribution in [0.3, 0.4) is 0 Å². The molecular formula is C28H34N2. The molecule has 30 heavy (non-hydrogen) atoms. The zero-order chi connectivity index (χ0) is 21.3. The lowest BCUT2D eigenvalue weighted by molar-refractivity contribution is 0.914. The van der Waals surface area contributed by atoms with E-state index in [1.165, 1.54) is 39.8 Å². The third-order valence-electron chi connectivity index (χ3n) is 5.56. The molecule has 1 aliphatic heterocycles. The molecule has 0 saturated heterocycles. The third kappa shape index (κ3) is 6.06. The number of rotatable bonds is 8. The summed E-state index contributed by atoms with van der Waals surface area (Å²) in [7, 11) is 0. The molecule has 0 unspecified atom stereocenters. The predicted octanol–water partition coefficient (Wildman–Crippen LogP) is 8.07. The lowest BCUT2D eigenvalue weighted by Crippen LogP contribution is -1.95. The molecule has 0 aromatic heterocycles. The highest BCUT2D eigenvalue weighted by molar-refractivity contribution is 5.97. The molecule has 0 radical (unpaired) electrons. The molecule has 0 spiro atoms. The van der Waals surface area contributed by atoms with Gasteiger partial charge in [-0.2, -0.15) is 5.10 Å². The molecule has 2 aromatic rings. The molecular weight excluding hydrogens is 364 g/mol. The number of nitrogens with zero attached hydrogens (tertiary/aromatic N) is 1. The van der Waals surface area contributed by atoms with Crippen molar-refractivity contribution in [1.29, 1.82) is 0 Å². The average molecular weight is 399 g/mol. The van der Waals surface area contributed by atoms with E-state index >= 15 is 0 Å². The van der Waals surface area contributed by atoms with Crippen LogP contribution in [0.5, 0.6) is 0 Å². The molecule has 3 rings (SSSR count). The smallest absolute Gasteiger partial charge is 0.0643 e. The van der Waals surface area contributed by atoms with Gasteiger partial charge in [-0.15, -0.1) is 0 Å². The largest absolute Gasteiger partial charge is 0.278 e. The third-order valence-corrected chi connectivity index (χ3v) is 5.56. The first-order valence-electron chi connectivity index (χ1n) is 11.0. The lowest BCUT2D eigenvalue weighted by atomic mass is 9.92. The number of allylic oxidation sites excluding steroid dienone is 6. The van der Waals surface area contributed by atoms with Gasteiger partial charge in [0.05, 0.1) is 11.9 Å². The van der Waals surface area contributed by atoms with Crippen LogP contribution in [0.2, 0.25) is 0 Å². The number of anilines is 1. The molecule has 0 aliphatic carbocycles. The molecule has 1 N–H and O–H groups in total. The lowest BCUT2D eigenvalue weighted by Gasteiger charge is -2.14. The number of hydrogen-bond donors (Lipinski definition) is 1. The highest BCUT2D eigenvalue weighted by Crippen LogP contribution is 2.35. The zero-order valence-corrected chi connectivity index (χ0v) is 18.8. The minimum absolute atomic E-state index is 0.939. The SMILES string of the molecule is CC(C)=CCCC(C)=CCCC(C)=CCc1cccc2c1-c1ccccc1C=NN2. The monoisotopic (exact) mass is 398 g/mol. The van der Waals surface area contributed by atoms with Crippen LogP contribution in [0.25, 0.3) is 11.1 Å². The highest BCUT2D eigenvalue weighted by Gasteiger charge is 2.14. The second-order valence-electron chi connectivity index (χ2n) is 8.46. The van der Waals surface area contributed by atoms with Gasteiger partial charge in [0.15, 0.2) is 0 Å². The van der Waals surface area contributed by atoms with Crippen LogP contribution >= 0.6 is 0 Å². The maximum atomic E-state index is 4.38. The molecule has 1 heterocycles.